The van der Waals surface area contributed by atoms with E-state index >= 15 is 0 Å². The minimum atomic E-state index is -0.811. The maximum atomic E-state index is 13.8. The Kier molecular flexibility index (Phi) is 3.40. The van der Waals surface area contributed by atoms with E-state index in [9.17, 15) is 8.78 Å². The van der Waals surface area contributed by atoms with Crippen LogP contribution in [0.25, 0.3) is 0 Å². The quantitative estimate of drug-likeness (QED) is 0.925. The van der Waals surface area contributed by atoms with E-state index in [1.165, 1.54) is 11.1 Å². The Morgan fingerprint density at radius 2 is 1.70 bits per heavy atom. The van der Waals surface area contributed by atoms with Crippen LogP contribution in [-0.4, -0.2) is 5.11 Å². The van der Waals surface area contributed by atoms with Crippen LogP contribution in [0.5, 0.6) is 11.5 Å². The zero-order valence-electron chi connectivity index (χ0n) is 10.8. The molecule has 0 saturated carbocycles. The molecule has 104 valence electrons. The second-order valence-corrected chi connectivity index (χ2v) is 4.93. The first-order valence-electron chi connectivity index (χ1n) is 6.56. The molecule has 2 nitrogen and oxygen atoms in total. The lowest BCUT2D eigenvalue weighted by Gasteiger charge is -2.10. The van der Waals surface area contributed by atoms with Crippen molar-refractivity contribution < 1.29 is 18.6 Å². The first-order chi connectivity index (χ1) is 9.67. The van der Waals surface area contributed by atoms with Gasteiger partial charge in [-0.15, -0.1) is 0 Å². The van der Waals surface area contributed by atoms with Gasteiger partial charge in [0.25, 0.3) is 0 Å². The molecule has 0 saturated heterocycles. The number of hydrogen-bond acceptors (Lipinski definition) is 2. The van der Waals surface area contributed by atoms with Crippen LogP contribution in [0.4, 0.5) is 8.78 Å². The van der Waals surface area contributed by atoms with E-state index in [-0.39, 0.29) is 5.56 Å². The Morgan fingerprint density at radius 3 is 2.40 bits per heavy atom. The van der Waals surface area contributed by atoms with Gasteiger partial charge in [0, 0.05) is 0 Å². The molecule has 1 N–H and O–H groups in total. The number of aliphatic hydroxyl groups is 1. The van der Waals surface area contributed by atoms with Gasteiger partial charge in [0.15, 0.2) is 17.4 Å². The predicted octanol–water partition coefficient (Wildman–Crippen LogP) is 3.74. The highest BCUT2D eigenvalue weighted by molar-refractivity contribution is 5.41. The maximum absolute atomic E-state index is 13.8. The number of ether oxygens (including phenoxy) is 1. The van der Waals surface area contributed by atoms with Crippen molar-refractivity contribution in [3.8, 4) is 11.5 Å². The highest BCUT2D eigenvalue weighted by Gasteiger charge is 2.16. The van der Waals surface area contributed by atoms with Crippen LogP contribution in [-0.2, 0) is 19.4 Å². The second kappa shape index (κ2) is 5.21. The lowest BCUT2D eigenvalue weighted by atomic mass is 10.1. The normalized spacial score (nSPS) is 13.3. The third-order valence-electron chi connectivity index (χ3n) is 3.53. The Bertz CT molecular complexity index is 630. The smallest absolute Gasteiger partial charge is 0.198 e. The van der Waals surface area contributed by atoms with Crippen molar-refractivity contribution in [3.05, 3.63) is 58.7 Å². The van der Waals surface area contributed by atoms with Crippen LogP contribution in [0.2, 0.25) is 0 Å². The number of fused-ring (bicyclic) bond motifs is 1. The van der Waals surface area contributed by atoms with Gasteiger partial charge in [-0.1, -0.05) is 6.07 Å². The summed E-state index contributed by atoms with van der Waals surface area (Å²) < 4.78 is 32.9. The van der Waals surface area contributed by atoms with Gasteiger partial charge in [-0.25, -0.2) is 8.78 Å². The van der Waals surface area contributed by atoms with Crippen molar-refractivity contribution in [2.24, 2.45) is 0 Å². The fourth-order valence-corrected chi connectivity index (χ4v) is 2.53. The van der Waals surface area contributed by atoms with Gasteiger partial charge >= 0.3 is 0 Å². The van der Waals surface area contributed by atoms with E-state index in [1.807, 2.05) is 12.1 Å². The molecule has 0 bridgehead atoms. The summed E-state index contributed by atoms with van der Waals surface area (Å²) in [5.74, 6) is -1.62. The van der Waals surface area contributed by atoms with Crippen LogP contribution < -0.4 is 4.74 Å². The molecule has 1 aliphatic rings. The summed E-state index contributed by atoms with van der Waals surface area (Å²) >= 11 is 0. The summed E-state index contributed by atoms with van der Waals surface area (Å²) in [5.41, 5.74) is 2.63. The van der Waals surface area contributed by atoms with Gasteiger partial charge in [-0.2, -0.15) is 0 Å². The van der Waals surface area contributed by atoms with E-state index in [4.69, 9.17) is 9.84 Å². The molecule has 0 radical (unpaired) electrons. The highest BCUT2D eigenvalue weighted by atomic mass is 19.1. The van der Waals surface area contributed by atoms with E-state index in [0.717, 1.165) is 31.4 Å². The van der Waals surface area contributed by atoms with Gasteiger partial charge < -0.3 is 9.84 Å². The fraction of sp³-hybridized carbons (Fsp3) is 0.250. The average Bonchev–Trinajstić information content (AvgIpc) is 2.90. The minimum Gasteiger partial charge on any atom is -0.451 e. The molecule has 0 spiro atoms. The zero-order chi connectivity index (χ0) is 14.1. The first-order valence-corrected chi connectivity index (χ1v) is 6.56. The first kappa shape index (κ1) is 13.1. The molecule has 0 heterocycles. The standard InChI is InChI=1S/C16H14F2O2/c17-14-6-10(9-19)7-15(18)16(14)20-13-5-4-11-2-1-3-12(11)8-13/h4-8,19H,1-3,9H2. The van der Waals surface area contributed by atoms with Crippen LogP contribution in [0.1, 0.15) is 23.1 Å². The van der Waals surface area contributed by atoms with E-state index in [1.54, 1.807) is 6.07 Å². The number of rotatable bonds is 3. The molecule has 0 amide bonds. The fourth-order valence-electron chi connectivity index (χ4n) is 2.53. The molecule has 0 aromatic heterocycles. The number of benzene rings is 2. The summed E-state index contributed by atoms with van der Waals surface area (Å²) in [5, 5.41) is 8.90. The van der Waals surface area contributed by atoms with Gasteiger partial charge in [0.05, 0.1) is 6.61 Å². The Morgan fingerprint density at radius 1 is 1.00 bits per heavy atom. The van der Waals surface area contributed by atoms with Crippen molar-refractivity contribution in [2.45, 2.75) is 25.9 Å². The number of hydrogen-bond donors (Lipinski definition) is 1. The summed E-state index contributed by atoms with van der Waals surface area (Å²) in [6.07, 6.45) is 3.12. The Labute approximate surface area is 115 Å². The van der Waals surface area contributed by atoms with E-state index in [2.05, 4.69) is 0 Å². The average molecular weight is 276 g/mol. The molecule has 2 aromatic carbocycles. The van der Waals surface area contributed by atoms with Crippen LogP contribution in [0, 0.1) is 11.6 Å². The lowest BCUT2D eigenvalue weighted by Crippen LogP contribution is -1.96. The van der Waals surface area contributed by atoms with Crippen molar-refractivity contribution in [1.82, 2.24) is 0 Å². The van der Waals surface area contributed by atoms with Gasteiger partial charge in [0.1, 0.15) is 5.75 Å². The van der Waals surface area contributed by atoms with Crippen LogP contribution in [0.3, 0.4) is 0 Å². The number of aliphatic hydroxyl groups excluding tert-OH is 1. The van der Waals surface area contributed by atoms with Crippen LogP contribution >= 0.6 is 0 Å². The van der Waals surface area contributed by atoms with Gasteiger partial charge in [0.2, 0.25) is 0 Å². The molecular weight excluding hydrogens is 262 g/mol. The molecule has 3 rings (SSSR count). The molecule has 20 heavy (non-hydrogen) atoms. The molecule has 0 unspecified atom stereocenters. The minimum absolute atomic E-state index is 0.182. The van der Waals surface area contributed by atoms with Crippen molar-refractivity contribution >= 4 is 0 Å². The van der Waals surface area contributed by atoms with Gasteiger partial charge in [-0.05, 0) is 60.2 Å². The van der Waals surface area contributed by atoms with Crippen molar-refractivity contribution in [1.29, 1.82) is 0 Å². The second-order valence-electron chi connectivity index (χ2n) is 4.93. The predicted molar refractivity (Wildman–Crippen MR) is 70.8 cm³/mol. The largest absolute Gasteiger partial charge is 0.451 e. The third kappa shape index (κ3) is 2.39. The van der Waals surface area contributed by atoms with Crippen molar-refractivity contribution in [2.75, 3.05) is 0 Å². The van der Waals surface area contributed by atoms with E-state index < -0.39 is 24.0 Å². The number of halogens is 2. The SMILES string of the molecule is OCc1cc(F)c(Oc2ccc3c(c2)CCC3)c(F)c1. The summed E-state index contributed by atoms with van der Waals surface area (Å²) in [7, 11) is 0. The Hall–Kier alpha value is -1.94. The highest BCUT2D eigenvalue weighted by Crippen LogP contribution is 2.32. The molecule has 0 atom stereocenters. The molecular formula is C16H14F2O2. The summed E-state index contributed by atoms with van der Waals surface area (Å²) in [6.45, 7) is -0.410. The number of aryl methyl sites for hydroxylation is 2. The zero-order valence-corrected chi connectivity index (χ0v) is 10.8. The van der Waals surface area contributed by atoms with E-state index in [0.29, 0.717) is 5.75 Å². The van der Waals surface area contributed by atoms with Gasteiger partial charge in [-0.3, -0.25) is 0 Å². The lowest BCUT2D eigenvalue weighted by molar-refractivity contribution is 0.279. The topological polar surface area (TPSA) is 29.5 Å². The summed E-state index contributed by atoms with van der Waals surface area (Å²) in [6, 6.07) is 7.65. The molecule has 0 aliphatic heterocycles. The van der Waals surface area contributed by atoms with Crippen LogP contribution in [0.15, 0.2) is 30.3 Å². The monoisotopic (exact) mass is 276 g/mol. The molecule has 2 aromatic rings. The molecule has 0 fully saturated rings. The molecule has 4 heteroatoms. The van der Waals surface area contributed by atoms with Crippen molar-refractivity contribution in [3.63, 3.8) is 0 Å². The molecule has 1 aliphatic carbocycles. The summed E-state index contributed by atoms with van der Waals surface area (Å²) in [4.78, 5) is 0. The Balaban J connectivity index is 1.91. The third-order valence-corrected chi connectivity index (χ3v) is 3.53. The maximum Gasteiger partial charge on any atom is 0.198 e.